The van der Waals surface area contributed by atoms with Crippen molar-refractivity contribution in [2.24, 2.45) is 4.99 Å². The fraction of sp³-hybridized carbons (Fsp3) is 0.333. The summed E-state index contributed by atoms with van der Waals surface area (Å²) in [4.78, 5) is 15.9. The summed E-state index contributed by atoms with van der Waals surface area (Å²) in [5, 5.41) is 5.70. The van der Waals surface area contributed by atoms with E-state index in [0.717, 1.165) is 5.71 Å². The van der Waals surface area contributed by atoms with Crippen molar-refractivity contribution in [3.8, 4) is 0 Å². The lowest BCUT2D eigenvalue weighted by Gasteiger charge is -2.07. The highest BCUT2D eigenvalue weighted by Gasteiger charge is 2.05. The normalized spacial score (nSPS) is 13.0. The van der Waals surface area contributed by atoms with Gasteiger partial charge in [0.25, 0.3) is 5.91 Å². The molecule has 1 amide bonds. The molecule has 2 N–H and O–H groups in total. The number of nitrogens with one attached hydrogen (secondary N) is 2. The Hall–Kier alpha value is -2.10. The molecule has 19 heavy (non-hydrogen) atoms. The fourth-order valence-electron chi connectivity index (χ4n) is 1.31. The lowest BCUT2D eigenvalue weighted by atomic mass is 10.2. The molecule has 0 fully saturated rings. The van der Waals surface area contributed by atoms with Crippen LogP contribution in [0.2, 0.25) is 0 Å². The Bertz CT molecular complexity index is 404. The van der Waals surface area contributed by atoms with Crippen LogP contribution in [-0.2, 0) is 4.79 Å². The third-order valence-electron chi connectivity index (χ3n) is 2.35. The van der Waals surface area contributed by atoms with Crippen LogP contribution in [0.15, 0.2) is 53.7 Å². The second-order valence-electron chi connectivity index (χ2n) is 3.67. The van der Waals surface area contributed by atoms with Crippen LogP contribution in [0.4, 0.5) is 0 Å². The number of allylic oxidation sites excluding steroid dienone is 6. The van der Waals surface area contributed by atoms with E-state index in [1.807, 2.05) is 31.2 Å². The van der Waals surface area contributed by atoms with Crippen LogP contribution in [0.3, 0.4) is 0 Å². The number of aliphatic imine (C=N–C) groups is 1. The van der Waals surface area contributed by atoms with E-state index in [2.05, 4.69) is 22.2 Å². The molecule has 0 spiro atoms. The molecule has 0 aromatic rings. The highest BCUT2D eigenvalue weighted by Crippen LogP contribution is 1.92. The first-order valence-electron chi connectivity index (χ1n) is 6.23. The molecule has 0 aromatic carbocycles. The van der Waals surface area contributed by atoms with Crippen molar-refractivity contribution in [2.75, 3.05) is 20.6 Å². The zero-order valence-corrected chi connectivity index (χ0v) is 11.9. The predicted octanol–water partition coefficient (Wildman–Crippen LogP) is 1.99. The van der Waals surface area contributed by atoms with Gasteiger partial charge < -0.3 is 10.6 Å². The Morgan fingerprint density at radius 1 is 1.37 bits per heavy atom. The minimum Gasteiger partial charge on any atom is -0.384 e. The molecule has 0 aromatic heterocycles. The lowest BCUT2D eigenvalue weighted by Crippen LogP contribution is -2.31. The highest BCUT2D eigenvalue weighted by atomic mass is 16.2. The molecule has 0 bridgehead atoms. The van der Waals surface area contributed by atoms with Gasteiger partial charge in [-0.1, -0.05) is 30.9 Å². The van der Waals surface area contributed by atoms with Gasteiger partial charge in [-0.3, -0.25) is 9.79 Å². The Kier molecular flexibility index (Phi) is 9.80. The van der Waals surface area contributed by atoms with E-state index in [1.54, 1.807) is 26.2 Å². The van der Waals surface area contributed by atoms with Gasteiger partial charge >= 0.3 is 0 Å². The largest absolute Gasteiger partial charge is 0.384 e. The van der Waals surface area contributed by atoms with Gasteiger partial charge in [0.05, 0.1) is 5.70 Å². The number of hydrogen-bond donors (Lipinski definition) is 2. The monoisotopic (exact) mass is 261 g/mol. The third-order valence-corrected chi connectivity index (χ3v) is 2.35. The van der Waals surface area contributed by atoms with Gasteiger partial charge in [0.1, 0.15) is 0 Å². The topological polar surface area (TPSA) is 53.5 Å². The van der Waals surface area contributed by atoms with E-state index in [-0.39, 0.29) is 5.91 Å². The maximum atomic E-state index is 11.8. The molecule has 0 heterocycles. The second-order valence-corrected chi connectivity index (χ2v) is 3.67. The second kappa shape index (κ2) is 11.0. The molecule has 104 valence electrons. The molecule has 0 aliphatic carbocycles. The Labute approximate surface area is 115 Å². The molecular formula is C15H23N3O. The molecular weight excluding hydrogens is 238 g/mol. The molecule has 0 aliphatic rings. The van der Waals surface area contributed by atoms with Crippen molar-refractivity contribution in [2.45, 2.75) is 13.3 Å². The van der Waals surface area contributed by atoms with Gasteiger partial charge in [-0.05, 0) is 19.1 Å². The highest BCUT2D eigenvalue weighted by molar-refractivity contribution is 5.96. The van der Waals surface area contributed by atoms with Crippen LogP contribution in [0.25, 0.3) is 0 Å². The lowest BCUT2D eigenvalue weighted by molar-refractivity contribution is -0.117. The first-order valence-corrected chi connectivity index (χ1v) is 6.23. The Morgan fingerprint density at radius 2 is 2.11 bits per heavy atom. The molecule has 4 nitrogen and oxygen atoms in total. The van der Waals surface area contributed by atoms with Crippen LogP contribution in [-0.4, -0.2) is 32.3 Å². The molecule has 0 radical (unpaired) electrons. The fourth-order valence-corrected chi connectivity index (χ4v) is 1.31. The average Bonchev–Trinajstić information content (AvgIpc) is 2.43. The maximum absolute atomic E-state index is 11.8. The number of hydrogen-bond acceptors (Lipinski definition) is 3. The minimum atomic E-state index is -0.122. The predicted molar refractivity (Wildman–Crippen MR) is 82.3 cm³/mol. The maximum Gasteiger partial charge on any atom is 0.267 e. The summed E-state index contributed by atoms with van der Waals surface area (Å²) in [7, 11) is 3.45. The van der Waals surface area contributed by atoms with Gasteiger partial charge in [-0.15, -0.1) is 0 Å². The number of carbonyl (C=O) groups is 1. The minimum absolute atomic E-state index is 0.122. The number of nitrogens with zero attached hydrogens (tertiary/aromatic N) is 1. The molecule has 0 aliphatic heterocycles. The number of carbonyl (C=O) groups excluding carboxylic acids is 1. The summed E-state index contributed by atoms with van der Waals surface area (Å²) in [5.41, 5.74) is 1.46. The molecule has 0 unspecified atom stereocenters. The number of amides is 1. The molecule has 0 atom stereocenters. The van der Waals surface area contributed by atoms with Crippen molar-refractivity contribution in [1.82, 2.24) is 10.6 Å². The van der Waals surface area contributed by atoms with Crippen LogP contribution in [0, 0.1) is 0 Å². The van der Waals surface area contributed by atoms with Crippen LogP contribution >= 0.6 is 0 Å². The Balaban J connectivity index is 4.29. The zero-order chi connectivity index (χ0) is 14.5. The van der Waals surface area contributed by atoms with Crippen molar-refractivity contribution in [1.29, 1.82) is 0 Å². The van der Waals surface area contributed by atoms with Crippen LogP contribution < -0.4 is 10.6 Å². The average molecular weight is 261 g/mol. The van der Waals surface area contributed by atoms with E-state index in [9.17, 15) is 4.79 Å². The van der Waals surface area contributed by atoms with Crippen LogP contribution in [0.1, 0.15) is 13.3 Å². The number of likely N-dealkylation sites (N-methyl/N-ethyl adjacent to an activating group) is 1. The van der Waals surface area contributed by atoms with Gasteiger partial charge in [-0.2, -0.15) is 0 Å². The summed E-state index contributed by atoms with van der Waals surface area (Å²) in [6.45, 7) is 6.05. The van der Waals surface area contributed by atoms with Crippen molar-refractivity contribution < 1.29 is 4.79 Å². The Morgan fingerprint density at radius 3 is 2.63 bits per heavy atom. The molecule has 4 heteroatoms. The molecule has 0 rings (SSSR count). The summed E-state index contributed by atoms with van der Waals surface area (Å²) < 4.78 is 0. The van der Waals surface area contributed by atoms with Crippen LogP contribution in [0.5, 0.6) is 0 Å². The van der Waals surface area contributed by atoms with E-state index < -0.39 is 0 Å². The quantitative estimate of drug-likeness (QED) is 0.399. The molecule has 0 saturated carbocycles. The smallest absolute Gasteiger partial charge is 0.267 e. The van der Waals surface area contributed by atoms with Crippen molar-refractivity contribution in [3.05, 3.63) is 48.7 Å². The molecule has 0 saturated heterocycles. The number of rotatable bonds is 8. The van der Waals surface area contributed by atoms with Gasteiger partial charge in [0.15, 0.2) is 0 Å². The summed E-state index contributed by atoms with van der Waals surface area (Å²) in [6, 6.07) is 0. The van der Waals surface area contributed by atoms with E-state index in [1.165, 1.54) is 0 Å². The van der Waals surface area contributed by atoms with E-state index >= 15 is 0 Å². The third kappa shape index (κ3) is 7.76. The van der Waals surface area contributed by atoms with Gasteiger partial charge in [-0.25, -0.2) is 0 Å². The first kappa shape index (κ1) is 16.9. The van der Waals surface area contributed by atoms with E-state index in [0.29, 0.717) is 18.7 Å². The summed E-state index contributed by atoms with van der Waals surface area (Å²) in [5.74, 6) is -0.122. The SMILES string of the molecule is C=C/C=C\C(CCNC(=O)/C(=C/C=C\C)NC)=NC. The zero-order valence-electron chi connectivity index (χ0n) is 11.9. The van der Waals surface area contributed by atoms with Gasteiger partial charge in [0, 0.05) is 32.8 Å². The summed E-state index contributed by atoms with van der Waals surface area (Å²) >= 11 is 0. The first-order chi connectivity index (χ1) is 9.19. The standard InChI is InChI=1S/C15H23N3O/c1-5-7-9-13(16-3)11-12-18-15(19)14(17-4)10-8-6-2/h5-10,17H,1,11-12H2,2-4H3,(H,18,19)/b8-6-,9-7-,14-10-,16-13?. The summed E-state index contributed by atoms with van der Waals surface area (Å²) in [6.07, 6.45) is 11.5. The van der Waals surface area contributed by atoms with Gasteiger partial charge in [0.2, 0.25) is 0 Å². The van der Waals surface area contributed by atoms with Crippen molar-refractivity contribution in [3.63, 3.8) is 0 Å². The van der Waals surface area contributed by atoms with Crippen molar-refractivity contribution >= 4 is 11.6 Å². The van der Waals surface area contributed by atoms with E-state index in [4.69, 9.17) is 0 Å².